The van der Waals surface area contributed by atoms with E-state index < -0.39 is 11.9 Å². The molecule has 4 rings (SSSR count). The topological polar surface area (TPSA) is 89.5 Å². The summed E-state index contributed by atoms with van der Waals surface area (Å²) in [6.45, 7) is 6.20. The van der Waals surface area contributed by atoms with Crippen molar-refractivity contribution in [2.24, 2.45) is 5.10 Å². The highest BCUT2D eigenvalue weighted by atomic mass is 16.5. The maximum absolute atomic E-state index is 13.5. The van der Waals surface area contributed by atoms with Gasteiger partial charge in [-0.3, -0.25) is 14.6 Å². The van der Waals surface area contributed by atoms with Gasteiger partial charge in [0.15, 0.2) is 11.5 Å². The molecule has 1 aliphatic heterocycles. The number of rotatable bonds is 10. The zero-order valence-electron chi connectivity index (χ0n) is 22.7. The lowest BCUT2D eigenvalue weighted by Gasteiger charge is -2.31. The molecule has 0 saturated carbocycles. The summed E-state index contributed by atoms with van der Waals surface area (Å²) < 4.78 is 17.5. The summed E-state index contributed by atoms with van der Waals surface area (Å²) >= 11 is 0. The number of ether oxygens (including phenoxy) is 3. The van der Waals surface area contributed by atoms with E-state index in [1.165, 1.54) is 7.11 Å². The molecule has 1 N–H and O–H groups in total. The molecule has 0 saturated heterocycles. The Labute approximate surface area is 228 Å². The van der Waals surface area contributed by atoms with E-state index in [0.29, 0.717) is 17.9 Å². The third-order valence-corrected chi connectivity index (χ3v) is 6.25. The van der Waals surface area contributed by atoms with Crippen molar-refractivity contribution in [1.29, 1.82) is 0 Å². The van der Waals surface area contributed by atoms with Crippen LogP contribution in [0, 0.1) is 13.8 Å². The Kier molecular flexibility index (Phi) is 8.99. The predicted octanol–water partition coefficient (Wildman–Crippen LogP) is 5.48. The van der Waals surface area contributed by atoms with Crippen LogP contribution in [-0.2, 0) is 32.2 Å². The number of nitrogens with one attached hydrogen (secondary N) is 1. The summed E-state index contributed by atoms with van der Waals surface area (Å²) in [5, 5.41) is 8.81. The van der Waals surface area contributed by atoms with Crippen molar-refractivity contribution in [3.05, 3.63) is 100 Å². The van der Waals surface area contributed by atoms with Gasteiger partial charge in [0.2, 0.25) is 0 Å². The van der Waals surface area contributed by atoms with Gasteiger partial charge in [-0.15, -0.1) is 0 Å². The van der Waals surface area contributed by atoms with Crippen LogP contribution in [0.25, 0.3) is 5.76 Å². The van der Waals surface area contributed by atoms with E-state index in [1.54, 1.807) is 11.2 Å². The van der Waals surface area contributed by atoms with Gasteiger partial charge in [0, 0.05) is 17.3 Å². The van der Waals surface area contributed by atoms with E-state index in [4.69, 9.17) is 14.2 Å². The molecule has 8 heteroatoms. The molecule has 0 aliphatic carbocycles. The Bertz CT molecular complexity index is 1380. The zero-order chi connectivity index (χ0) is 27.8. The van der Waals surface area contributed by atoms with Crippen LogP contribution in [0.15, 0.2) is 77.5 Å². The molecule has 39 heavy (non-hydrogen) atoms. The number of carbonyl (C=O) groups is 2. The molecule has 1 amide bonds. The molecule has 0 fully saturated rings. The Morgan fingerprint density at radius 2 is 1.72 bits per heavy atom. The molecule has 0 spiro atoms. The quantitative estimate of drug-likeness (QED) is 0.277. The highest BCUT2D eigenvalue weighted by molar-refractivity contribution is 6.01. The van der Waals surface area contributed by atoms with Gasteiger partial charge in [0.05, 0.1) is 13.7 Å². The third-order valence-electron chi connectivity index (χ3n) is 6.25. The number of fused-ring (bicyclic) bond motifs is 1. The Hall–Kier alpha value is -4.59. The first-order valence-electron chi connectivity index (χ1n) is 12.8. The second kappa shape index (κ2) is 12.8. The lowest BCUT2D eigenvalue weighted by atomic mass is 9.98. The molecular formula is C31H33N3O5. The maximum atomic E-state index is 13.5. The summed E-state index contributed by atoms with van der Waals surface area (Å²) in [4.78, 5) is 25.3. The first kappa shape index (κ1) is 27.4. The van der Waals surface area contributed by atoms with E-state index in [0.717, 1.165) is 33.6 Å². The van der Waals surface area contributed by atoms with Gasteiger partial charge in [-0.2, -0.15) is 5.10 Å². The number of nitrogens with zero attached hydrogens (tertiary/aromatic N) is 2. The van der Waals surface area contributed by atoms with E-state index in [-0.39, 0.29) is 25.4 Å². The lowest BCUT2D eigenvalue weighted by molar-refractivity contribution is -0.140. The van der Waals surface area contributed by atoms with Gasteiger partial charge in [-0.05, 0) is 43.0 Å². The molecule has 202 valence electrons. The van der Waals surface area contributed by atoms with Crippen molar-refractivity contribution in [3.8, 4) is 11.5 Å². The Balaban J connectivity index is 1.83. The molecule has 3 aromatic carbocycles. The number of aryl methyl sites for hydroxylation is 2. The van der Waals surface area contributed by atoms with Crippen molar-refractivity contribution in [1.82, 2.24) is 10.3 Å². The molecule has 0 atom stereocenters. The second-order valence-corrected chi connectivity index (χ2v) is 9.08. The van der Waals surface area contributed by atoms with Gasteiger partial charge in [-0.1, -0.05) is 67.6 Å². The minimum absolute atomic E-state index is 0.205. The van der Waals surface area contributed by atoms with E-state index in [2.05, 4.69) is 10.4 Å². The fraction of sp³-hybridized carbons (Fsp3) is 0.258. The highest BCUT2D eigenvalue weighted by Gasteiger charge is 2.33. The summed E-state index contributed by atoms with van der Waals surface area (Å²) in [6.07, 6.45) is 2.39. The largest absolute Gasteiger partial charge is 0.486 e. The third kappa shape index (κ3) is 6.46. The first-order chi connectivity index (χ1) is 18.9. The number of carbonyl (C=O) groups excluding carboxylic acids is 2. The first-order valence-corrected chi connectivity index (χ1v) is 12.8. The summed E-state index contributed by atoms with van der Waals surface area (Å²) in [7, 11) is 1.27. The van der Waals surface area contributed by atoms with Gasteiger partial charge in [-0.25, -0.2) is 0 Å². The fourth-order valence-corrected chi connectivity index (χ4v) is 4.26. The van der Waals surface area contributed by atoms with Gasteiger partial charge < -0.3 is 19.5 Å². The second-order valence-electron chi connectivity index (χ2n) is 9.08. The van der Waals surface area contributed by atoms with Gasteiger partial charge in [0.25, 0.3) is 5.91 Å². The van der Waals surface area contributed by atoms with Crippen molar-refractivity contribution in [2.75, 3.05) is 13.7 Å². The van der Waals surface area contributed by atoms with Crippen molar-refractivity contribution in [3.63, 3.8) is 0 Å². The number of methoxy groups -OCH3 is 1. The van der Waals surface area contributed by atoms with Crippen LogP contribution < -0.4 is 10.1 Å². The predicted molar refractivity (Wildman–Crippen MR) is 150 cm³/mol. The molecule has 1 aliphatic rings. The number of hydrogen-bond acceptors (Lipinski definition) is 7. The zero-order valence-corrected chi connectivity index (χ0v) is 22.7. The molecule has 0 aromatic heterocycles. The standard InChI is InChI=1S/C31H33N3O5/c1-5-17-33-34-19-25-24(15-10-16-26(25)39-29-21(2)11-9-12-22(29)3)30(38-20-23-13-7-6-8-14-23)28(34)31(36)32-18-27(35)37-4/h6-17H,5,18-20H2,1-4H3,(H,32,36)/b33-17-. The average Bonchev–Trinajstić information content (AvgIpc) is 2.95. The number of benzene rings is 3. The van der Waals surface area contributed by atoms with Crippen LogP contribution in [-0.4, -0.2) is 36.8 Å². The number of hydrazone groups is 1. The van der Waals surface area contributed by atoms with E-state index >= 15 is 0 Å². The minimum atomic E-state index is -0.556. The lowest BCUT2D eigenvalue weighted by Crippen LogP contribution is -2.38. The normalized spacial score (nSPS) is 12.8. The number of esters is 1. The fourth-order valence-electron chi connectivity index (χ4n) is 4.26. The maximum Gasteiger partial charge on any atom is 0.325 e. The number of para-hydroxylation sites is 1. The van der Waals surface area contributed by atoms with Crippen LogP contribution >= 0.6 is 0 Å². The van der Waals surface area contributed by atoms with Crippen LogP contribution in [0.2, 0.25) is 0 Å². The molecular weight excluding hydrogens is 494 g/mol. The van der Waals surface area contributed by atoms with Crippen LogP contribution in [0.5, 0.6) is 11.5 Å². The minimum Gasteiger partial charge on any atom is -0.486 e. The summed E-state index contributed by atoms with van der Waals surface area (Å²) in [6, 6.07) is 21.4. The molecule has 1 heterocycles. The monoisotopic (exact) mass is 527 g/mol. The molecule has 0 radical (unpaired) electrons. The average molecular weight is 528 g/mol. The SMILES string of the molecule is CC/C=N\N1Cc2c(Oc3c(C)cccc3C)cccc2C(OCc2ccccc2)=C1C(=O)NCC(=O)OC. The van der Waals surface area contributed by atoms with Crippen molar-refractivity contribution < 1.29 is 23.8 Å². The Morgan fingerprint density at radius 3 is 2.41 bits per heavy atom. The highest BCUT2D eigenvalue weighted by Crippen LogP contribution is 2.40. The Morgan fingerprint density at radius 1 is 1.00 bits per heavy atom. The van der Waals surface area contributed by atoms with Crippen LogP contribution in [0.3, 0.4) is 0 Å². The summed E-state index contributed by atoms with van der Waals surface area (Å²) in [5.41, 5.74) is 4.74. The van der Waals surface area contributed by atoms with E-state index in [9.17, 15) is 9.59 Å². The van der Waals surface area contributed by atoms with Gasteiger partial charge in [0.1, 0.15) is 24.7 Å². The van der Waals surface area contributed by atoms with Crippen LogP contribution in [0.1, 0.15) is 41.2 Å². The molecule has 8 nitrogen and oxygen atoms in total. The van der Waals surface area contributed by atoms with E-state index in [1.807, 2.05) is 87.5 Å². The number of amides is 1. The molecule has 0 bridgehead atoms. The molecule has 3 aromatic rings. The van der Waals surface area contributed by atoms with Crippen LogP contribution in [0.4, 0.5) is 0 Å². The van der Waals surface area contributed by atoms with Crippen molar-refractivity contribution in [2.45, 2.75) is 40.3 Å². The molecule has 0 unspecified atom stereocenters. The summed E-state index contributed by atoms with van der Waals surface area (Å²) in [5.74, 6) is 0.731. The number of hydrogen-bond donors (Lipinski definition) is 1. The van der Waals surface area contributed by atoms with Crippen molar-refractivity contribution >= 4 is 23.9 Å². The smallest absolute Gasteiger partial charge is 0.325 e. The van der Waals surface area contributed by atoms with Gasteiger partial charge >= 0.3 is 5.97 Å².